The number of hydrogen-bond acceptors (Lipinski definition) is 5. The zero-order valence-electron chi connectivity index (χ0n) is 12.2. The quantitative estimate of drug-likeness (QED) is 0.831. The highest BCUT2D eigenvalue weighted by Gasteiger charge is 2.26. The van der Waals surface area contributed by atoms with Gasteiger partial charge in [0.1, 0.15) is 5.82 Å². The van der Waals surface area contributed by atoms with Gasteiger partial charge in [-0.3, -0.25) is 9.78 Å². The minimum Gasteiger partial charge on any atom is -0.355 e. The second-order valence-corrected chi connectivity index (χ2v) is 5.26. The predicted octanol–water partition coefficient (Wildman–Crippen LogP) is 0.385. The molecule has 1 atom stereocenters. The summed E-state index contributed by atoms with van der Waals surface area (Å²) in [5.41, 5.74) is 7.30. The number of hydrogen-bond donors (Lipinski definition) is 2. The lowest BCUT2D eigenvalue weighted by molar-refractivity contribution is -0.125. The molecule has 1 amide bonds. The maximum Gasteiger partial charge on any atom is 0.224 e. The fourth-order valence-electron chi connectivity index (χ4n) is 2.42. The van der Waals surface area contributed by atoms with Gasteiger partial charge in [-0.1, -0.05) is 0 Å². The van der Waals surface area contributed by atoms with Crippen molar-refractivity contribution in [3.63, 3.8) is 0 Å². The van der Waals surface area contributed by atoms with Crippen LogP contribution in [-0.4, -0.2) is 42.1 Å². The largest absolute Gasteiger partial charge is 0.355 e. The first-order valence-electron chi connectivity index (χ1n) is 7.14. The topological polar surface area (TPSA) is 84.1 Å². The van der Waals surface area contributed by atoms with Gasteiger partial charge < -0.3 is 16.0 Å². The van der Waals surface area contributed by atoms with Crippen LogP contribution in [0.2, 0.25) is 0 Å². The third-order valence-corrected chi connectivity index (χ3v) is 3.74. The van der Waals surface area contributed by atoms with E-state index in [1.54, 1.807) is 6.20 Å². The molecular formula is C14H23N5O. The van der Waals surface area contributed by atoms with Gasteiger partial charge in [-0.15, -0.1) is 0 Å². The molecule has 0 bridgehead atoms. The summed E-state index contributed by atoms with van der Waals surface area (Å²) in [4.78, 5) is 23.1. The Labute approximate surface area is 119 Å². The summed E-state index contributed by atoms with van der Waals surface area (Å²) < 4.78 is 0. The molecular weight excluding hydrogens is 254 g/mol. The van der Waals surface area contributed by atoms with Crippen molar-refractivity contribution in [1.29, 1.82) is 0 Å². The summed E-state index contributed by atoms with van der Waals surface area (Å²) in [7, 11) is 0. The van der Waals surface area contributed by atoms with Crippen molar-refractivity contribution in [3.8, 4) is 0 Å². The van der Waals surface area contributed by atoms with Crippen LogP contribution in [0.3, 0.4) is 0 Å². The number of anilines is 1. The lowest BCUT2D eigenvalue weighted by atomic mass is 9.97. The monoisotopic (exact) mass is 277 g/mol. The van der Waals surface area contributed by atoms with Crippen LogP contribution in [0.4, 0.5) is 5.82 Å². The third-order valence-electron chi connectivity index (χ3n) is 3.74. The van der Waals surface area contributed by atoms with Gasteiger partial charge >= 0.3 is 0 Å². The first kappa shape index (κ1) is 14.7. The molecule has 0 radical (unpaired) electrons. The molecule has 1 fully saturated rings. The van der Waals surface area contributed by atoms with Gasteiger partial charge in [0.05, 0.1) is 23.5 Å². The molecule has 1 aliphatic heterocycles. The van der Waals surface area contributed by atoms with Gasteiger partial charge in [-0.2, -0.15) is 0 Å². The Morgan fingerprint density at radius 2 is 2.30 bits per heavy atom. The van der Waals surface area contributed by atoms with Crippen molar-refractivity contribution in [2.75, 3.05) is 31.1 Å². The first-order chi connectivity index (χ1) is 9.61. The molecule has 20 heavy (non-hydrogen) atoms. The van der Waals surface area contributed by atoms with E-state index < -0.39 is 0 Å². The van der Waals surface area contributed by atoms with Crippen molar-refractivity contribution in [1.82, 2.24) is 15.3 Å². The number of piperidine rings is 1. The maximum absolute atomic E-state index is 12.0. The van der Waals surface area contributed by atoms with Crippen molar-refractivity contribution in [3.05, 3.63) is 17.6 Å². The van der Waals surface area contributed by atoms with Gasteiger partial charge in [0.25, 0.3) is 0 Å². The van der Waals surface area contributed by atoms with E-state index in [-0.39, 0.29) is 11.8 Å². The summed E-state index contributed by atoms with van der Waals surface area (Å²) in [6.45, 7) is 6.56. The molecule has 6 heteroatoms. The Morgan fingerprint density at radius 1 is 1.50 bits per heavy atom. The van der Waals surface area contributed by atoms with E-state index in [1.807, 2.05) is 13.8 Å². The average molecular weight is 277 g/mol. The molecule has 1 saturated heterocycles. The van der Waals surface area contributed by atoms with E-state index in [2.05, 4.69) is 20.2 Å². The zero-order chi connectivity index (χ0) is 14.5. The van der Waals surface area contributed by atoms with Crippen molar-refractivity contribution < 1.29 is 4.79 Å². The van der Waals surface area contributed by atoms with Gasteiger partial charge in [0, 0.05) is 26.2 Å². The molecule has 3 N–H and O–H groups in total. The van der Waals surface area contributed by atoms with Crippen LogP contribution in [0, 0.1) is 19.8 Å². The highest BCUT2D eigenvalue weighted by molar-refractivity contribution is 5.79. The predicted molar refractivity (Wildman–Crippen MR) is 78.5 cm³/mol. The molecule has 2 heterocycles. The zero-order valence-corrected chi connectivity index (χ0v) is 12.2. The number of rotatable bonds is 4. The number of nitrogens with zero attached hydrogens (tertiary/aromatic N) is 3. The summed E-state index contributed by atoms with van der Waals surface area (Å²) in [5.74, 6) is 0.972. The lowest BCUT2D eigenvalue weighted by Gasteiger charge is -2.32. The molecule has 0 aliphatic carbocycles. The smallest absolute Gasteiger partial charge is 0.224 e. The summed E-state index contributed by atoms with van der Waals surface area (Å²) in [5, 5.41) is 2.87. The number of nitrogens with two attached hydrogens (primary N) is 1. The number of carbonyl (C=O) groups is 1. The molecule has 110 valence electrons. The first-order valence-corrected chi connectivity index (χ1v) is 7.14. The Kier molecular flexibility index (Phi) is 4.89. The van der Waals surface area contributed by atoms with Crippen molar-refractivity contribution >= 4 is 11.7 Å². The maximum atomic E-state index is 12.0. The fraction of sp³-hybridized carbons (Fsp3) is 0.643. The van der Waals surface area contributed by atoms with E-state index in [4.69, 9.17) is 5.73 Å². The molecule has 1 aromatic heterocycles. The van der Waals surface area contributed by atoms with Crippen molar-refractivity contribution in [2.24, 2.45) is 11.7 Å². The van der Waals surface area contributed by atoms with Crippen LogP contribution >= 0.6 is 0 Å². The molecule has 0 spiro atoms. The Balaban J connectivity index is 2.02. The standard InChI is InChI=1S/C14H23N5O/c1-10-11(2)18-13(8-17-10)19-7-3-4-12(9-19)14(20)16-6-5-15/h8,12H,3-7,9,15H2,1-2H3,(H,16,20). The second-order valence-electron chi connectivity index (χ2n) is 5.26. The van der Waals surface area contributed by atoms with E-state index in [0.717, 1.165) is 36.6 Å². The second kappa shape index (κ2) is 6.65. The number of amides is 1. The Hall–Kier alpha value is -1.69. The number of nitrogens with one attached hydrogen (secondary N) is 1. The van der Waals surface area contributed by atoms with Gasteiger partial charge in [0.2, 0.25) is 5.91 Å². The van der Waals surface area contributed by atoms with Gasteiger partial charge in [-0.25, -0.2) is 4.98 Å². The highest BCUT2D eigenvalue weighted by Crippen LogP contribution is 2.21. The normalized spacial score (nSPS) is 18.9. The Morgan fingerprint density at radius 3 is 3.00 bits per heavy atom. The average Bonchev–Trinajstić information content (AvgIpc) is 2.47. The van der Waals surface area contributed by atoms with Crippen molar-refractivity contribution in [2.45, 2.75) is 26.7 Å². The third kappa shape index (κ3) is 3.45. The molecule has 2 rings (SSSR count). The highest BCUT2D eigenvalue weighted by atomic mass is 16.1. The minimum atomic E-state index is 0.0127. The summed E-state index contributed by atoms with van der Waals surface area (Å²) in [6.07, 6.45) is 3.71. The Bertz CT molecular complexity index is 477. The molecule has 6 nitrogen and oxygen atoms in total. The van der Waals surface area contributed by atoms with Gasteiger partial charge in [-0.05, 0) is 26.7 Å². The summed E-state index contributed by atoms with van der Waals surface area (Å²) >= 11 is 0. The van der Waals surface area contributed by atoms with Crippen LogP contribution in [0.15, 0.2) is 6.20 Å². The SMILES string of the molecule is Cc1ncc(N2CCCC(C(=O)NCCN)C2)nc1C. The van der Waals surface area contributed by atoms with Gasteiger partial charge in [0.15, 0.2) is 0 Å². The van der Waals surface area contributed by atoms with Crippen LogP contribution in [-0.2, 0) is 4.79 Å². The van der Waals surface area contributed by atoms with E-state index >= 15 is 0 Å². The van der Waals surface area contributed by atoms with E-state index in [9.17, 15) is 4.79 Å². The minimum absolute atomic E-state index is 0.0127. The van der Waals surface area contributed by atoms with Crippen LogP contribution in [0.1, 0.15) is 24.2 Å². The van der Waals surface area contributed by atoms with Crippen LogP contribution in [0.25, 0.3) is 0 Å². The number of carbonyl (C=O) groups excluding carboxylic acids is 1. The number of aryl methyl sites for hydroxylation is 2. The van der Waals surface area contributed by atoms with Crippen LogP contribution in [0.5, 0.6) is 0 Å². The molecule has 1 aromatic rings. The summed E-state index contributed by atoms with van der Waals surface area (Å²) in [6, 6.07) is 0. The number of aromatic nitrogens is 2. The fourth-order valence-corrected chi connectivity index (χ4v) is 2.42. The van der Waals surface area contributed by atoms with E-state index in [0.29, 0.717) is 19.6 Å². The van der Waals surface area contributed by atoms with E-state index in [1.165, 1.54) is 0 Å². The molecule has 0 aromatic carbocycles. The molecule has 1 aliphatic rings. The molecule has 1 unspecified atom stereocenters. The van der Waals surface area contributed by atoms with Crippen LogP contribution < -0.4 is 16.0 Å². The lowest BCUT2D eigenvalue weighted by Crippen LogP contribution is -2.44. The molecule has 0 saturated carbocycles.